The number of anilines is 4. The molecular weight excluding hydrogens is 653 g/mol. The van der Waals surface area contributed by atoms with Gasteiger partial charge in [-0.3, -0.25) is 14.4 Å². The van der Waals surface area contributed by atoms with E-state index < -0.39 is 5.91 Å². The zero-order valence-corrected chi connectivity index (χ0v) is 29.9. The maximum Gasteiger partial charge on any atom is 0.253 e. The number of para-hydroxylation sites is 1. The van der Waals surface area contributed by atoms with Crippen LogP contribution in [-0.4, -0.2) is 79.5 Å². The Hall–Kier alpha value is -5.42. The Balaban J connectivity index is 0.953. The van der Waals surface area contributed by atoms with Crippen molar-refractivity contribution in [2.45, 2.75) is 50.7 Å². The van der Waals surface area contributed by atoms with Crippen LogP contribution in [0.25, 0.3) is 0 Å². The van der Waals surface area contributed by atoms with E-state index in [2.05, 4.69) is 62.0 Å². The lowest BCUT2D eigenvalue weighted by Crippen LogP contribution is -2.44. The van der Waals surface area contributed by atoms with Crippen molar-refractivity contribution in [3.8, 4) is 0 Å². The molecule has 52 heavy (non-hydrogen) atoms. The van der Waals surface area contributed by atoms with Gasteiger partial charge >= 0.3 is 0 Å². The number of carbonyl (C=O) groups is 3. The highest BCUT2D eigenvalue weighted by Gasteiger charge is 2.41. The molecule has 270 valence electrons. The predicted octanol–water partition coefficient (Wildman–Crippen LogP) is 5.34. The minimum atomic E-state index is -0.565. The van der Waals surface area contributed by atoms with E-state index in [1.54, 1.807) is 24.4 Å². The fourth-order valence-corrected chi connectivity index (χ4v) is 7.93. The Morgan fingerprint density at radius 1 is 0.846 bits per heavy atom. The molecular formula is C41H48N8O3. The average molecular weight is 701 g/mol. The van der Waals surface area contributed by atoms with Gasteiger partial charge in [-0.1, -0.05) is 30.3 Å². The normalized spacial score (nSPS) is 20.8. The Bertz CT molecular complexity index is 1880. The molecule has 5 N–H and O–H groups in total. The highest BCUT2D eigenvalue weighted by atomic mass is 16.2. The number of amides is 3. The zero-order valence-electron chi connectivity index (χ0n) is 29.9. The van der Waals surface area contributed by atoms with Crippen LogP contribution < -0.4 is 31.5 Å². The molecule has 11 nitrogen and oxygen atoms in total. The number of benzene rings is 3. The number of pyridine rings is 1. The van der Waals surface area contributed by atoms with Gasteiger partial charge in [0.2, 0.25) is 0 Å². The third-order valence-electron chi connectivity index (χ3n) is 10.9. The SMILES string of the molecule is C[C@H](NC(=O)c1ccc(N2CCCC3CC(NC(=O)c4ccc(C(N)=O)c(Nc5ccccc5)c4)CC32)nc1)c1ccc(N2CCN(C)CC2)cc1. The van der Waals surface area contributed by atoms with Crippen LogP contribution in [-0.2, 0) is 0 Å². The molecule has 1 aliphatic carbocycles. The van der Waals surface area contributed by atoms with E-state index in [0.717, 1.165) is 75.5 Å². The van der Waals surface area contributed by atoms with Crippen LogP contribution in [0.15, 0.2) is 91.1 Å². The van der Waals surface area contributed by atoms with Gasteiger partial charge in [0.1, 0.15) is 5.82 Å². The number of likely N-dealkylation sites (N-methyl/N-ethyl adjacent to an activating group) is 1. The number of nitrogens with two attached hydrogens (primary N) is 1. The van der Waals surface area contributed by atoms with Gasteiger partial charge in [-0.25, -0.2) is 4.98 Å². The summed E-state index contributed by atoms with van der Waals surface area (Å²) in [6, 6.07) is 26.8. The van der Waals surface area contributed by atoms with Crippen LogP contribution in [0.1, 0.15) is 75.3 Å². The second-order valence-electron chi connectivity index (χ2n) is 14.4. The van der Waals surface area contributed by atoms with Gasteiger partial charge in [0.15, 0.2) is 0 Å². The molecule has 0 spiro atoms. The van der Waals surface area contributed by atoms with Crippen molar-refractivity contribution in [1.29, 1.82) is 0 Å². The maximum atomic E-state index is 13.5. The van der Waals surface area contributed by atoms with Crippen LogP contribution in [0.3, 0.4) is 0 Å². The summed E-state index contributed by atoms with van der Waals surface area (Å²) >= 11 is 0. The minimum absolute atomic E-state index is 0.00612. The van der Waals surface area contributed by atoms with E-state index in [1.807, 2.05) is 49.4 Å². The van der Waals surface area contributed by atoms with Crippen LogP contribution in [0, 0.1) is 5.92 Å². The van der Waals surface area contributed by atoms with Gasteiger partial charge < -0.3 is 36.4 Å². The molecule has 3 aromatic carbocycles. The summed E-state index contributed by atoms with van der Waals surface area (Å²) in [5, 5.41) is 9.61. The smallest absolute Gasteiger partial charge is 0.253 e. The molecule has 1 saturated carbocycles. The Labute approximate surface area is 305 Å². The summed E-state index contributed by atoms with van der Waals surface area (Å²) in [5.41, 5.74) is 10.5. The lowest BCUT2D eigenvalue weighted by Gasteiger charge is -2.38. The molecule has 3 fully saturated rings. The second-order valence-corrected chi connectivity index (χ2v) is 14.4. The van der Waals surface area contributed by atoms with Gasteiger partial charge in [-0.15, -0.1) is 0 Å². The van der Waals surface area contributed by atoms with Gasteiger partial charge in [-0.2, -0.15) is 0 Å². The number of hydrogen-bond donors (Lipinski definition) is 4. The molecule has 7 rings (SSSR count). The maximum absolute atomic E-state index is 13.5. The average Bonchev–Trinajstić information content (AvgIpc) is 3.58. The van der Waals surface area contributed by atoms with Gasteiger partial charge in [0, 0.05) is 67.9 Å². The molecule has 2 aliphatic heterocycles. The number of piperidine rings is 1. The third-order valence-corrected chi connectivity index (χ3v) is 10.9. The molecule has 3 aliphatic rings. The number of nitrogens with one attached hydrogen (secondary N) is 3. The van der Waals surface area contributed by atoms with Crippen molar-refractivity contribution < 1.29 is 14.4 Å². The third kappa shape index (κ3) is 7.89. The first-order chi connectivity index (χ1) is 25.2. The first kappa shape index (κ1) is 35.0. The van der Waals surface area contributed by atoms with Crippen LogP contribution in [0.2, 0.25) is 0 Å². The van der Waals surface area contributed by atoms with E-state index in [0.29, 0.717) is 28.3 Å². The zero-order chi connectivity index (χ0) is 36.2. The Kier molecular flexibility index (Phi) is 10.4. The van der Waals surface area contributed by atoms with Crippen molar-refractivity contribution in [3.63, 3.8) is 0 Å². The standard InChI is InChI=1S/C41H48N8O3/c1-27(28-10-14-34(15-11-28)48-21-19-47(2)20-22-48)44-41(52)31-13-17-38(43-26-31)49-18-6-7-29-23-33(25-37(29)49)46-40(51)30-12-16-35(39(42)50)36(24-30)45-32-8-4-3-5-9-32/h3-5,8-17,24,26-27,29,33,37,45H,6-7,18-23,25H2,1-2H3,(H2,42,50)(H,44,52)(H,46,51)/t27-,29?,33?,37?/m0/s1. The summed E-state index contributed by atoms with van der Waals surface area (Å²) < 4.78 is 0. The molecule has 11 heteroatoms. The summed E-state index contributed by atoms with van der Waals surface area (Å²) in [4.78, 5) is 50.7. The van der Waals surface area contributed by atoms with Crippen molar-refractivity contribution in [2.75, 3.05) is 54.9 Å². The van der Waals surface area contributed by atoms with E-state index in [4.69, 9.17) is 10.7 Å². The summed E-state index contributed by atoms with van der Waals surface area (Å²) in [6.07, 6.45) is 5.50. The highest BCUT2D eigenvalue weighted by Crippen LogP contribution is 2.39. The first-order valence-corrected chi connectivity index (χ1v) is 18.4. The molecule has 0 bridgehead atoms. The van der Waals surface area contributed by atoms with Gasteiger partial charge in [0.05, 0.1) is 22.9 Å². The Morgan fingerprint density at radius 2 is 1.60 bits per heavy atom. The summed E-state index contributed by atoms with van der Waals surface area (Å²) in [5.74, 6) is 0.380. The molecule has 1 aromatic heterocycles. The lowest BCUT2D eigenvalue weighted by atomic mass is 9.92. The predicted molar refractivity (Wildman–Crippen MR) is 205 cm³/mol. The molecule has 3 heterocycles. The summed E-state index contributed by atoms with van der Waals surface area (Å²) in [7, 11) is 2.16. The minimum Gasteiger partial charge on any atom is -0.369 e. The molecule has 0 radical (unpaired) electrons. The highest BCUT2D eigenvalue weighted by molar-refractivity contribution is 6.02. The molecule has 3 amide bonds. The topological polar surface area (TPSA) is 136 Å². The fourth-order valence-electron chi connectivity index (χ4n) is 7.93. The number of hydrogen-bond acceptors (Lipinski definition) is 8. The Morgan fingerprint density at radius 3 is 2.31 bits per heavy atom. The largest absolute Gasteiger partial charge is 0.369 e. The number of carbonyl (C=O) groups excluding carboxylic acids is 3. The van der Waals surface area contributed by atoms with E-state index in [-0.39, 0.29) is 29.9 Å². The van der Waals surface area contributed by atoms with E-state index in [9.17, 15) is 14.4 Å². The molecule has 2 saturated heterocycles. The van der Waals surface area contributed by atoms with Gasteiger partial charge in [0.25, 0.3) is 17.7 Å². The first-order valence-electron chi connectivity index (χ1n) is 18.4. The van der Waals surface area contributed by atoms with E-state index in [1.165, 1.54) is 5.69 Å². The number of rotatable bonds is 10. The van der Waals surface area contributed by atoms with Crippen LogP contribution in [0.5, 0.6) is 0 Å². The fraction of sp³-hybridized carbons (Fsp3) is 0.366. The molecule has 4 aromatic rings. The number of piperazine rings is 1. The number of aromatic nitrogens is 1. The quantitative estimate of drug-likeness (QED) is 0.174. The number of nitrogens with zero attached hydrogens (tertiary/aromatic N) is 4. The van der Waals surface area contributed by atoms with Crippen LogP contribution >= 0.6 is 0 Å². The van der Waals surface area contributed by atoms with Crippen molar-refractivity contribution in [3.05, 3.63) is 113 Å². The monoisotopic (exact) mass is 700 g/mol. The van der Waals surface area contributed by atoms with Gasteiger partial charge in [-0.05, 0) is 106 Å². The summed E-state index contributed by atoms with van der Waals surface area (Å²) in [6.45, 7) is 7.04. The van der Waals surface area contributed by atoms with Crippen molar-refractivity contribution in [1.82, 2.24) is 20.5 Å². The molecule has 4 atom stereocenters. The molecule has 3 unspecified atom stereocenters. The van der Waals surface area contributed by atoms with Crippen molar-refractivity contribution in [2.24, 2.45) is 11.7 Å². The lowest BCUT2D eigenvalue weighted by molar-refractivity contribution is 0.0929. The number of fused-ring (bicyclic) bond motifs is 1. The van der Waals surface area contributed by atoms with E-state index >= 15 is 0 Å². The second kappa shape index (κ2) is 15.4. The van der Waals surface area contributed by atoms with Crippen LogP contribution in [0.4, 0.5) is 22.9 Å². The van der Waals surface area contributed by atoms with Crippen molar-refractivity contribution >= 4 is 40.6 Å². The number of primary amides is 1.